The number of amides is 1. The lowest BCUT2D eigenvalue weighted by atomic mass is 10.2. The van der Waals surface area contributed by atoms with E-state index in [4.69, 9.17) is 21.3 Å². The number of ether oxygens (including phenoxy) is 1. The van der Waals surface area contributed by atoms with E-state index in [-0.39, 0.29) is 18.6 Å². The van der Waals surface area contributed by atoms with Gasteiger partial charge in [0.05, 0.1) is 27.8 Å². The van der Waals surface area contributed by atoms with Crippen molar-refractivity contribution in [1.82, 2.24) is 9.55 Å². The lowest BCUT2D eigenvalue weighted by Gasteiger charge is -2.17. The van der Waals surface area contributed by atoms with Gasteiger partial charge in [0.1, 0.15) is 12.4 Å². The SMILES string of the molecule is CC(C)Oc1c(Cl)cccc1NC(=O)Cn1c(C2CC2)nc2ccccc21. The molecular formula is C21H22ClN3O2. The number of aromatic nitrogens is 2. The maximum Gasteiger partial charge on any atom is 0.244 e. The van der Waals surface area contributed by atoms with Crippen LogP contribution < -0.4 is 10.1 Å². The van der Waals surface area contributed by atoms with Gasteiger partial charge in [-0.25, -0.2) is 4.98 Å². The monoisotopic (exact) mass is 383 g/mol. The molecule has 0 bridgehead atoms. The zero-order chi connectivity index (χ0) is 19.0. The van der Waals surface area contributed by atoms with Gasteiger partial charge in [0.2, 0.25) is 5.91 Å². The van der Waals surface area contributed by atoms with Crippen molar-refractivity contribution in [2.24, 2.45) is 0 Å². The van der Waals surface area contributed by atoms with Gasteiger partial charge in [0, 0.05) is 5.92 Å². The molecule has 140 valence electrons. The standard InChI is InChI=1S/C21H22ClN3O2/c1-13(2)27-20-15(22)6-5-8-17(20)23-19(26)12-25-18-9-4-3-7-16(18)24-21(25)14-10-11-14/h3-9,13-14H,10-12H2,1-2H3,(H,23,26). The van der Waals surface area contributed by atoms with Crippen LogP contribution in [0.25, 0.3) is 11.0 Å². The van der Waals surface area contributed by atoms with Gasteiger partial charge in [-0.2, -0.15) is 0 Å². The first kappa shape index (κ1) is 17.9. The summed E-state index contributed by atoms with van der Waals surface area (Å²) in [5, 5.41) is 3.43. The summed E-state index contributed by atoms with van der Waals surface area (Å²) in [5.41, 5.74) is 2.50. The third-order valence-corrected chi connectivity index (χ3v) is 4.82. The van der Waals surface area contributed by atoms with E-state index >= 15 is 0 Å². The summed E-state index contributed by atoms with van der Waals surface area (Å²) < 4.78 is 7.81. The number of rotatable bonds is 6. The Bertz CT molecular complexity index is 992. The van der Waals surface area contributed by atoms with Crippen molar-refractivity contribution in [2.45, 2.75) is 45.3 Å². The topological polar surface area (TPSA) is 56.1 Å². The molecule has 1 amide bonds. The number of halogens is 1. The number of carbonyl (C=O) groups is 1. The van der Waals surface area contributed by atoms with E-state index in [1.54, 1.807) is 18.2 Å². The largest absolute Gasteiger partial charge is 0.487 e. The highest BCUT2D eigenvalue weighted by Crippen LogP contribution is 2.40. The first-order valence-electron chi connectivity index (χ1n) is 9.23. The molecule has 27 heavy (non-hydrogen) atoms. The first-order valence-corrected chi connectivity index (χ1v) is 9.61. The number of hydrogen-bond acceptors (Lipinski definition) is 3. The van der Waals surface area contributed by atoms with E-state index in [1.807, 2.05) is 42.7 Å². The lowest BCUT2D eigenvalue weighted by molar-refractivity contribution is -0.116. The zero-order valence-electron chi connectivity index (χ0n) is 15.4. The van der Waals surface area contributed by atoms with Crippen LogP contribution in [0, 0.1) is 0 Å². The number of fused-ring (bicyclic) bond motifs is 1. The number of benzene rings is 2. The minimum Gasteiger partial charge on any atom is -0.487 e. The molecular weight excluding hydrogens is 362 g/mol. The number of anilines is 1. The maximum absolute atomic E-state index is 12.8. The third kappa shape index (κ3) is 3.78. The Kier molecular flexibility index (Phi) is 4.79. The van der Waals surface area contributed by atoms with E-state index in [1.165, 1.54) is 0 Å². The number of para-hydroxylation sites is 3. The van der Waals surface area contributed by atoms with E-state index < -0.39 is 0 Å². The summed E-state index contributed by atoms with van der Waals surface area (Å²) in [7, 11) is 0. The zero-order valence-corrected chi connectivity index (χ0v) is 16.2. The fourth-order valence-electron chi connectivity index (χ4n) is 3.21. The molecule has 4 rings (SSSR count). The molecule has 1 aliphatic carbocycles. The van der Waals surface area contributed by atoms with Crippen LogP contribution in [0.5, 0.6) is 5.75 Å². The first-order chi connectivity index (χ1) is 13.0. The second-order valence-electron chi connectivity index (χ2n) is 7.15. The summed E-state index contributed by atoms with van der Waals surface area (Å²) in [6, 6.07) is 13.3. The van der Waals surface area contributed by atoms with Crippen molar-refractivity contribution in [2.75, 3.05) is 5.32 Å². The van der Waals surface area contributed by atoms with Crippen LogP contribution in [-0.4, -0.2) is 21.6 Å². The fraction of sp³-hybridized carbons (Fsp3) is 0.333. The van der Waals surface area contributed by atoms with Crippen LogP contribution in [0.4, 0.5) is 5.69 Å². The summed E-state index contributed by atoms with van der Waals surface area (Å²) in [4.78, 5) is 17.6. The predicted molar refractivity (Wildman–Crippen MR) is 108 cm³/mol. The predicted octanol–water partition coefficient (Wildman–Crippen LogP) is 4.99. The second-order valence-corrected chi connectivity index (χ2v) is 7.56. The van der Waals surface area contributed by atoms with Gasteiger partial charge in [-0.05, 0) is 51.0 Å². The molecule has 0 radical (unpaired) electrons. The molecule has 0 aliphatic heterocycles. The molecule has 0 saturated heterocycles. The number of imidazole rings is 1. The van der Waals surface area contributed by atoms with Gasteiger partial charge >= 0.3 is 0 Å². The molecule has 0 spiro atoms. The molecule has 0 unspecified atom stereocenters. The van der Waals surface area contributed by atoms with Crippen molar-refractivity contribution in [3.8, 4) is 5.75 Å². The van der Waals surface area contributed by atoms with E-state index in [9.17, 15) is 4.79 Å². The molecule has 1 saturated carbocycles. The van der Waals surface area contributed by atoms with Crippen molar-refractivity contribution < 1.29 is 9.53 Å². The number of nitrogens with one attached hydrogen (secondary N) is 1. The van der Waals surface area contributed by atoms with E-state index in [0.29, 0.717) is 22.4 Å². The molecule has 3 aromatic rings. The molecule has 1 fully saturated rings. The quantitative estimate of drug-likeness (QED) is 0.652. The van der Waals surface area contributed by atoms with Gasteiger partial charge < -0.3 is 14.6 Å². The summed E-state index contributed by atoms with van der Waals surface area (Å²) in [5.74, 6) is 1.82. The highest BCUT2D eigenvalue weighted by molar-refractivity contribution is 6.32. The van der Waals surface area contributed by atoms with Crippen LogP contribution >= 0.6 is 11.6 Å². The van der Waals surface area contributed by atoms with Crippen LogP contribution in [-0.2, 0) is 11.3 Å². The fourth-order valence-corrected chi connectivity index (χ4v) is 3.43. The molecule has 1 aromatic heterocycles. The van der Waals surface area contributed by atoms with Gasteiger partial charge in [0.25, 0.3) is 0 Å². The van der Waals surface area contributed by atoms with Crippen molar-refractivity contribution in [1.29, 1.82) is 0 Å². The molecule has 6 heteroatoms. The molecule has 1 N–H and O–H groups in total. The highest BCUT2D eigenvalue weighted by Gasteiger charge is 2.30. The van der Waals surface area contributed by atoms with Crippen LogP contribution in [0.15, 0.2) is 42.5 Å². The Balaban J connectivity index is 1.60. The number of hydrogen-bond donors (Lipinski definition) is 1. The smallest absolute Gasteiger partial charge is 0.244 e. The Morgan fingerprint density at radius 2 is 2.04 bits per heavy atom. The highest BCUT2D eigenvalue weighted by atomic mass is 35.5. The van der Waals surface area contributed by atoms with Crippen molar-refractivity contribution in [3.05, 3.63) is 53.3 Å². The van der Waals surface area contributed by atoms with Gasteiger partial charge in [-0.1, -0.05) is 29.8 Å². The average molecular weight is 384 g/mol. The Hall–Kier alpha value is -2.53. The molecule has 1 aliphatic rings. The summed E-state index contributed by atoms with van der Waals surface area (Å²) in [6.07, 6.45) is 2.22. The van der Waals surface area contributed by atoms with Gasteiger partial charge in [0.15, 0.2) is 5.75 Å². The summed E-state index contributed by atoms with van der Waals surface area (Å²) in [6.45, 7) is 4.06. The number of carbonyl (C=O) groups excluding carboxylic acids is 1. The molecule has 2 aromatic carbocycles. The minimum absolute atomic E-state index is 0.0420. The normalized spacial score (nSPS) is 13.9. The van der Waals surface area contributed by atoms with E-state index in [0.717, 1.165) is 29.7 Å². The van der Waals surface area contributed by atoms with Crippen molar-refractivity contribution >= 4 is 34.2 Å². The lowest BCUT2D eigenvalue weighted by Crippen LogP contribution is -2.21. The average Bonchev–Trinajstić information content (AvgIpc) is 3.41. The Morgan fingerprint density at radius 3 is 2.78 bits per heavy atom. The van der Waals surface area contributed by atoms with E-state index in [2.05, 4.69) is 5.32 Å². The molecule has 0 atom stereocenters. The summed E-state index contributed by atoms with van der Waals surface area (Å²) >= 11 is 6.26. The maximum atomic E-state index is 12.8. The number of nitrogens with zero attached hydrogens (tertiary/aromatic N) is 2. The Morgan fingerprint density at radius 1 is 1.26 bits per heavy atom. The van der Waals surface area contributed by atoms with Crippen LogP contribution in [0.3, 0.4) is 0 Å². The van der Waals surface area contributed by atoms with Crippen molar-refractivity contribution in [3.63, 3.8) is 0 Å². The second kappa shape index (κ2) is 7.24. The van der Waals surface area contributed by atoms with Crippen LogP contribution in [0.1, 0.15) is 38.4 Å². The Labute approximate surface area is 163 Å². The van der Waals surface area contributed by atoms with Gasteiger partial charge in [-0.3, -0.25) is 4.79 Å². The van der Waals surface area contributed by atoms with Crippen LogP contribution in [0.2, 0.25) is 5.02 Å². The third-order valence-electron chi connectivity index (χ3n) is 4.52. The van der Waals surface area contributed by atoms with Gasteiger partial charge in [-0.15, -0.1) is 0 Å². The molecule has 5 nitrogen and oxygen atoms in total. The molecule has 1 heterocycles. The minimum atomic E-state index is -0.129.